The second-order valence-corrected chi connectivity index (χ2v) is 4.43. The summed E-state index contributed by atoms with van der Waals surface area (Å²) in [5.41, 5.74) is 2.97. The molecule has 0 bridgehead atoms. The summed E-state index contributed by atoms with van der Waals surface area (Å²) in [5.74, 6) is 0. The van der Waals surface area contributed by atoms with Crippen LogP contribution in [-0.2, 0) is 11.3 Å². The fraction of sp³-hybridized carbons (Fsp3) is 0.455. The Morgan fingerprint density at radius 3 is 3.06 bits per heavy atom. The third-order valence-corrected chi connectivity index (χ3v) is 3.32. The van der Waals surface area contributed by atoms with Crippen LogP contribution in [0.2, 0.25) is 0 Å². The van der Waals surface area contributed by atoms with E-state index in [2.05, 4.69) is 4.90 Å². The van der Waals surface area contributed by atoms with E-state index in [0.29, 0.717) is 13.2 Å². The van der Waals surface area contributed by atoms with E-state index in [0.717, 1.165) is 29.7 Å². The number of nitrogens with zero attached hydrogens (tertiary/aromatic N) is 1. The molecule has 0 amide bonds. The number of aliphatic hydroxyl groups excluding tert-OH is 1. The number of fused-ring (bicyclic) bond motifs is 1. The molecule has 1 aromatic rings. The third-order valence-electron chi connectivity index (χ3n) is 3.32. The zero-order valence-corrected chi connectivity index (χ0v) is 8.97. The second-order valence-electron chi connectivity index (χ2n) is 4.43. The van der Waals surface area contributed by atoms with Crippen molar-refractivity contribution < 1.29 is 14.8 Å². The van der Waals surface area contributed by atoms with Crippen molar-refractivity contribution in [1.29, 1.82) is 0 Å². The van der Waals surface area contributed by atoms with Gasteiger partial charge >= 0.3 is 7.12 Å². The first-order chi connectivity index (χ1) is 7.74. The van der Waals surface area contributed by atoms with Gasteiger partial charge in [-0.2, -0.15) is 0 Å². The van der Waals surface area contributed by atoms with Crippen LogP contribution < -0.4 is 10.4 Å². The largest absolute Gasteiger partial charge is 0.491 e. The lowest BCUT2D eigenvalue weighted by Gasteiger charge is -2.18. The maximum Gasteiger partial charge on any atom is 0.491 e. The first-order valence-electron chi connectivity index (χ1n) is 5.59. The van der Waals surface area contributed by atoms with Crippen LogP contribution in [0.3, 0.4) is 0 Å². The van der Waals surface area contributed by atoms with Gasteiger partial charge in [0, 0.05) is 18.8 Å². The van der Waals surface area contributed by atoms with Gasteiger partial charge in [0.15, 0.2) is 0 Å². The highest BCUT2D eigenvalue weighted by Crippen LogP contribution is 2.22. The van der Waals surface area contributed by atoms with Crippen LogP contribution in [0.4, 0.5) is 5.69 Å². The van der Waals surface area contributed by atoms with Gasteiger partial charge in [0.2, 0.25) is 0 Å². The Hall–Kier alpha value is -1.04. The van der Waals surface area contributed by atoms with Crippen LogP contribution >= 0.6 is 0 Å². The van der Waals surface area contributed by atoms with E-state index in [1.807, 2.05) is 18.2 Å². The maximum absolute atomic E-state index is 9.61. The number of aliphatic hydroxyl groups is 1. The van der Waals surface area contributed by atoms with E-state index < -0.39 is 7.12 Å². The first-order valence-corrected chi connectivity index (χ1v) is 5.59. The number of benzene rings is 1. The van der Waals surface area contributed by atoms with Crippen LogP contribution in [0.1, 0.15) is 12.0 Å². The van der Waals surface area contributed by atoms with E-state index in [-0.39, 0.29) is 6.10 Å². The highest BCUT2D eigenvalue weighted by Gasteiger charge is 2.29. The Kier molecular flexibility index (Phi) is 2.39. The van der Waals surface area contributed by atoms with Crippen LogP contribution in [0.5, 0.6) is 0 Å². The van der Waals surface area contributed by atoms with E-state index in [1.54, 1.807) is 0 Å². The summed E-state index contributed by atoms with van der Waals surface area (Å²) >= 11 is 0. The van der Waals surface area contributed by atoms with Gasteiger partial charge in [-0.15, -0.1) is 0 Å². The van der Waals surface area contributed by atoms with E-state index in [4.69, 9.17) is 4.65 Å². The maximum atomic E-state index is 9.61. The van der Waals surface area contributed by atoms with Crippen LogP contribution in [0.15, 0.2) is 18.2 Å². The lowest BCUT2D eigenvalue weighted by atomic mass is 9.79. The quantitative estimate of drug-likeness (QED) is 0.624. The lowest BCUT2D eigenvalue weighted by Crippen LogP contribution is -2.30. The second kappa shape index (κ2) is 3.77. The molecule has 0 radical (unpaired) electrons. The van der Waals surface area contributed by atoms with E-state index in [9.17, 15) is 10.1 Å². The van der Waals surface area contributed by atoms with Gasteiger partial charge in [0.05, 0.1) is 12.7 Å². The summed E-state index contributed by atoms with van der Waals surface area (Å²) in [6, 6.07) is 5.98. The third kappa shape index (κ3) is 1.61. The molecule has 3 rings (SSSR count). The summed E-state index contributed by atoms with van der Waals surface area (Å²) in [7, 11) is -0.789. The summed E-state index contributed by atoms with van der Waals surface area (Å²) in [5, 5.41) is 19.1. The standard InChI is InChI=1S/C11H14BNO3/c14-10-3-4-13(6-10)9-2-1-8-7-16-12(15)11(8)5-9/h1-2,5,10,14-15H,3-4,6-7H2/t10-/m1/s1. The number of anilines is 1. The molecule has 2 heterocycles. The van der Waals surface area contributed by atoms with Crippen molar-refractivity contribution >= 4 is 18.3 Å². The van der Waals surface area contributed by atoms with Gasteiger partial charge in [-0.3, -0.25) is 0 Å². The summed E-state index contributed by atoms with van der Waals surface area (Å²) in [6.07, 6.45) is 0.588. The molecule has 0 spiro atoms. The normalized spacial score (nSPS) is 24.0. The molecule has 2 aliphatic rings. The molecule has 1 atom stereocenters. The Morgan fingerprint density at radius 1 is 1.44 bits per heavy atom. The molecule has 1 aromatic carbocycles. The van der Waals surface area contributed by atoms with Crippen molar-refractivity contribution in [3.05, 3.63) is 23.8 Å². The molecule has 1 fully saturated rings. The predicted molar refractivity (Wildman–Crippen MR) is 61.7 cm³/mol. The molecule has 1 saturated heterocycles. The minimum Gasteiger partial charge on any atom is -0.423 e. The van der Waals surface area contributed by atoms with Crippen LogP contribution in [0.25, 0.3) is 0 Å². The minimum absolute atomic E-state index is 0.227. The molecule has 2 N–H and O–H groups in total. The summed E-state index contributed by atoms with van der Waals surface area (Å²) in [4.78, 5) is 2.13. The van der Waals surface area contributed by atoms with Crippen LogP contribution in [-0.4, -0.2) is 36.4 Å². The van der Waals surface area contributed by atoms with Gasteiger partial charge in [-0.05, 0) is 29.6 Å². The minimum atomic E-state index is -0.789. The van der Waals surface area contributed by atoms with Gasteiger partial charge < -0.3 is 19.7 Å². The fourth-order valence-electron chi connectivity index (χ4n) is 2.38. The average molecular weight is 219 g/mol. The topological polar surface area (TPSA) is 52.9 Å². The highest BCUT2D eigenvalue weighted by molar-refractivity contribution is 6.61. The molecule has 2 aliphatic heterocycles. The SMILES string of the molecule is OB1OCc2ccc(N3CC[C@@H](O)C3)cc21. The summed E-state index contributed by atoms with van der Waals surface area (Å²) < 4.78 is 5.15. The zero-order chi connectivity index (χ0) is 11.1. The molecule has 0 unspecified atom stereocenters. The molecular weight excluding hydrogens is 205 g/mol. The molecule has 0 saturated carbocycles. The van der Waals surface area contributed by atoms with E-state index in [1.165, 1.54) is 0 Å². The lowest BCUT2D eigenvalue weighted by molar-refractivity contribution is 0.198. The van der Waals surface area contributed by atoms with Gasteiger partial charge in [-0.1, -0.05) is 6.07 Å². The number of β-amino-alcohol motifs (C(OH)–C–C–N with tert-alkyl or cyclic N) is 1. The average Bonchev–Trinajstić information content (AvgIpc) is 2.86. The number of hydrogen-bond acceptors (Lipinski definition) is 4. The number of hydrogen-bond donors (Lipinski definition) is 2. The first kappa shape index (κ1) is 10.1. The molecule has 0 aliphatic carbocycles. The predicted octanol–water partition coefficient (Wildman–Crippen LogP) is -0.525. The summed E-state index contributed by atoms with van der Waals surface area (Å²) in [6.45, 7) is 2.03. The van der Waals surface area contributed by atoms with Crippen molar-refractivity contribution in [2.24, 2.45) is 0 Å². The fourth-order valence-corrected chi connectivity index (χ4v) is 2.38. The number of rotatable bonds is 1. The van der Waals surface area contributed by atoms with Crippen molar-refractivity contribution in [3.63, 3.8) is 0 Å². The highest BCUT2D eigenvalue weighted by atomic mass is 16.5. The zero-order valence-electron chi connectivity index (χ0n) is 8.97. The van der Waals surface area contributed by atoms with Crippen LogP contribution in [0, 0.1) is 0 Å². The Balaban J connectivity index is 1.89. The van der Waals surface area contributed by atoms with Crippen molar-refractivity contribution in [2.45, 2.75) is 19.1 Å². The molecule has 0 aromatic heterocycles. The van der Waals surface area contributed by atoms with Crippen molar-refractivity contribution in [1.82, 2.24) is 0 Å². The molecule has 5 heteroatoms. The van der Waals surface area contributed by atoms with Gasteiger partial charge in [0.1, 0.15) is 0 Å². The Labute approximate surface area is 94.6 Å². The molecule has 16 heavy (non-hydrogen) atoms. The smallest absolute Gasteiger partial charge is 0.423 e. The van der Waals surface area contributed by atoms with Gasteiger partial charge in [0.25, 0.3) is 0 Å². The Morgan fingerprint density at radius 2 is 2.31 bits per heavy atom. The Bertz CT molecular complexity index is 412. The molecule has 84 valence electrons. The van der Waals surface area contributed by atoms with Gasteiger partial charge in [-0.25, -0.2) is 0 Å². The molecular formula is C11H14BNO3. The monoisotopic (exact) mass is 219 g/mol. The van der Waals surface area contributed by atoms with E-state index >= 15 is 0 Å². The van der Waals surface area contributed by atoms with Crippen molar-refractivity contribution in [2.75, 3.05) is 18.0 Å². The molecule has 4 nitrogen and oxygen atoms in total. The van der Waals surface area contributed by atoms with Crippen molar-refractivity contribution in [3.8, 4) is 0 Å².